The van der Waals surface area contributed by atoms with Gasteiger partial charge < -0.3 is 15.5 Å². The Kier molecular flexibility index (Phi) is 2.78. The summed E-state index contributed by atoms with van der Waals surface area (Å²) >= 11 is 0. The molecule has 1 saturated carbocycles. The molecule has 0 spiro atoms. The van der Waals surface area contributed by atoms with Crippen molar-refractivity contribution in [2.45, 2.75) is 12.8 Å². The largest absolute Gasteiger partial charge is 0.478 e. The van der Waals surface area contributed by atoms with Crippen molar-refractivity contribution in [3.05, 3.63) is 24.0 Å². The molecule has 1 aliphatic rings. The van der Waals surface area contributed by atoms with Crippen molar-refractivity contribution in [2.24, 2.45) is 5.41 Å². The highest BCUT2D eigenvalue weighted by atomic mass is 16.4. The summed E-state index contributed by atoms with van der Waals surface area (Å²) in [5, 5.41) is 21.2. The lowest BCUT2D eigenvalue weighted by atomic mass is 10.1. The molecule has 1 fully saturated rings. The van der Waals surface area contributed by atoms with Gasteiger partial charge >= 0.3 is 5.97 Å². The van der Waals surface area contributed by atoms with Crippen LogP contribution in [0.15, 0.2) is 18.5 Å². The zero-order valence-electron chi connectivity index (χ0n) is 8.81. The van der Waals surface area contributed by atoms with E-state index in [-0.39, 0.29) is 17.6 Å². The van der Waals surface area contributed by atoms with Crippen LogP contribution in [-0.4, -0.2) is 34.3 Å². The van der Waals surface area contributed by atoms with Crippen LogP contribution in [0.5, 0.6) is 0 Å². The number of nitrogens with one attached hydrogen (secondary N) is 1. The second-order valence-corrected chi connectivity index (χ2v) is 4.24. The van der Waals surface area contributed by atoms with Crippen molar-refractivity contribution >= 4 is 11.7 Å². The molecule has 5 nitrogen and oxygen atoms in total. The van der Waals surface area contributed by atoms with Crippen LogP contribution in [-0.2, 0) is 0 Å². The molecule has 5 heteroatoms. The summed E-state index contributed by atoms with van der Waals surface area (Å²) in [6.45, 7) is 0.751. The second kappa shape index (κ2) is 4.09. The first-order valence-corrected chi connectivity index (χ1v) is 5.19. The van der Waals surface area contributed by atoms with Crippen LogP contribution in [0.1, 0.15) is 23.2 Å². The van der Waals surface area contributed by atoms with Gasteiger partial charge in [0.2, 0.25) is 0 Å². The van der Waals surface area contributed by atoms with Crippen LogP contribution in [0.25, 0.3) is 0 Å². The molecule has 0 atom stereocenters. The minimum atomic E-state index is -0.996. The molecule has 3 N–H and O–H groups in total. The number of rotatable bonds is 5. The van der Waals surface area contributed by atoms with Crippen LogP contribution in [0, 0.1) is 5.41 Å². The van der Waals surface area contributed by atoms with E-state index in [0.29, 0.717) is 12.2 Å². The molecule has 0 bridgehead atoms. The highest BCUT2D eigenvalue weighted by Gasteiger charge is 2.41. The number of carboxylic acid groups (broad SMARTS) is 1. The zero-order valence-corrected chi connectivity index (χ0v) is 8.81. The van der Waals surface area contributed by atoms with Gasteiger partial charge in [-0.3, -0.25) is 4.98 Å². The fourth-order valence-corrected chi connectivity index (χ4v) is 1.57. The normalized spacial score (nSPS) is 16.8. The molecule has 0 aromatic carbocycles. The van der Waals surface area contributed by atoms with Gasteiger partial charge in [0.1, 0.15) is 5.56 Å². The summed E-state index contributed by atoms with van der Waals surface area (Å²) in [6.07, 6.45) is 4.85. The lowest BCUT2D eigenvalue weighted by Gasteiger charge is -2.14. The molecule has 0 aliphatic heterocycles. The molecule has 0 unspecified atom stereocenters. The first-order valence-electron chi connectivity index (χ1n) is 5.19. The average Bonchev–Trinajstić information content (AvgIpc) is 3.07. The van der Waals surface area contributed by atoms with Crippen molar-refractivity contribution in [3.8, 4) is 0 Å². The van der Waals surface area contributed by atoms with Gasteiger partial charge in [-0.25, -0.2) is 4.79 Å². The predicted molar refractivity (Wildman–Crippen MR) is 58.4 cm³/mol. The van der Waals surface area contributed by atoms with Gasteiger partial charge in [-0.15, -0.1) is 0 Å². The van der Waals surface area contributed by atoms with E-state index in [1.807, 2.05) is 0 Å². The van der Waals surface area contributed by atoms with Gasteiger partial charge in [0, 0.05) is 24.4 Å². The molecule has 86 valence electrons. The van der Waals surface area contributed by atoms with Gasteiger partial charge in [0.05, 0.1) is 12.3 Å². The summed E-state index contributed by atoms with van der Waals surface area (Å²) < 4.78 is 0. The van der Waals surface area contributed by atoms with Crippen LogP contribution < -0.4 is 5.32 Å². The summed E-state index contributed by atoms with van der Waals surface area (Å²) in [6, 6.07) is 1.64. The summed E-state index contributed by atoms with van der Waals surface area (Å²) in [5.74, 6) is -0.996. The summed E-state index contributed by atoms with van der Waals surface area (Å²) in [4.78, 5) is 14.7. The van der Waals surface area contributed by atoms with Crippen molar-refractivity contribution in [1.82, 2.24) is 4.98 Å². The Morgan fingerprint density at radius 1 is 1.56 bits per heavy atom. The Morgan fingerprint density at radius 2 is 2.31 bits per heavy atom. The highest BCUT2D eigenvalue weighted by Crippen LogP contribution is 2.45. The molecule has 2 rings (SSSR count). The number of carboxylic acids is 1. The molecular formula is C11H14N2O3. The van der Waals surface area contributed by atoms with Crippen molar-refractivity contribution in [1.29, 1.82) is 0 Å². The lowest BCUT2D eigenvalue weighted by Crippen LogP contribution is -2.20. The SMILES string of the molecule is O=C(O)c1cnccc1NCC1(CO)CC1. The number of nitrogens with zero attached hydrogens (tertiary/aromatic N) is 1. The van der Waals surface area contributed by atoms with Crippen LogP contribution in [0.2, 0.25) is 0 Å². The molecule has 0 radical (unpaired) electrons. The fraction of sp³-hybridized carbons (Fsp3) is 0.455. The van der Waals surface area contributed by atoms with E-state index in [4.69, 9.17) is 10.2 Å². The van der Waals surface area contributed by atoms with Crippen molar-refractivity contribution in [3.63, 3.8) is 0 Å². The van der Waals surface area contributed by atoms with Crippen molar-refractivity contribution < 1.29 is 15.0 Å². The third-order valence-corrected chi connectivity index (χ3v) is 3.00. The maximum atomic E-state index is 10.9. The molecular weight excluding hydrogens is 208 g/mol. The minimum absolute atomic E-state index is 0.0426. The van der Waals surface area contributed by atoms with E-state index < -0.39 is 5.97 Å². The van der Waals surface area contributed by atoms with E-state index in [2.05, 4.69) is 10.3 Å². The molecule has 1 heterocycles. The van der Waals surface area contributed by atoms with Gasteiger partial charge in [-0.2, -0.15) is 0 Å². The molecule has 0 saturated heterocycles. The van der Waals surface area contributed by atoms with E-state index in [1.165, 1.54) is 6.20 Å². The molecule has 1 aromatic rings. The molecule has 1 aliphatic carbocycles. The monoisotopic (exact) mass is 222 g/mol. The minimum Gasteiger partial charge on any atom is -0.478 e. The number of carbonyl (C=O) groups is 1. The Labute approximate surface area is 93.1 Å². The van der Waals surface area contributed by atoms with Gasteiger partial charge in [-0.1, -0.05) is 0 Å². The number of hydrogen-bond donors (Lipinski definition) is 3. The smallest absolute Gasteiger partial charge is 0.339 e. The Bertz CT molecular complexity index is 402. The number of aromatic carboxylic acids is 1. The van der Waals surface area contributed by atoms with Gasteiger partial charge in [-0.05, 0) is 18.9 Å². The Hall–Kier alpha value is -1.62. The first-order chi connectivity index (χ1) is 7.67. The van der Waals surface area contributed by atoms with Crippen LogP contribution in [0.3, 0.4) is 0 Å². The number of hydrogen-bond acceptors (Lipinski definition) is 4. The van der Waals surface area contributed by atoms with Crippen LogP contribution >= 0.6 is 0 Å². The lowest BCUT2D eigenvalue weighted by molar-refractivity contribution is 0.0697. The third kappa shape index (κ3) is 2.14. The quantitative estimate of drug-likeness (QED) is 0.691. The number of aliphatic hydroxyl groups excluding tert-OH is 1. The number of aromatic nitrogens is 1. The first kappa shape index (κ1) is 10.9. The average molecular weight is 222 g/mol. The maximum Gasteiger partial charge on any atom is 0.339 e. The number of aliphatic hydroxyl groups is 1. The molecule has 16 heavy (non-hydrogen) atoms. The summed E-state index contributed by atoms with van der Waals surface area (Å²) in [7, 11) is 0. The van der Waals surface area contributed by atoms with Crippen molar-refractivity contribution in [2.75, 3.05) is 18.5 Å². The topological polar surface area (TPSA) is 82.5 Å². The van der Waals surface area contributed by atoms with Gasteiger partial charge in [0.15, 0.2) is 0 Å². The Morgan fingerprint density at radius 3 is 2.88 bits per heavy atom. The predicted octanol–water partition coefficient (Wildman–Crippen LogP) is 0.964. The van der Waals surface area contributed by atoms with Crippen LogP contribution in [0.4, 0.5) is 5.69 Å². The fourth-order valence-electron chi connectivity index (χ4n) is 1.57. The standard InChI is InChI=1S/C11H14N2O3/c14-7-11(2-3-11)6-13-9-1-4-12-5-8(9)10(15)16/h1,4-5,14H,2-3,6-7H2,(H,12,13)(H,15,16). The van der Waals surface area contributed by atoms with E-state index in [1.54, 1.807) is 12.3 Å². The Balaban J connectivity index is 2.06. The number of anilines is 1. The summed E-state index contributed by atoms with van der Waals surface area (Å²) in [5.41, 5.74) is 0.678. The molecule has 1 aromatic heterocycles. The van der Waals surface area contributed by atoms with E-state index in [0.717, 1.165) is 12.8 Å². The molecule has 0 amide bonds. The maximum absolute atomic E-state index is 10.9. The third-order valence-electron chi connectivity index (χ3n) is 3.00. The zero-order chi connectivity index (χ0) is 11.6. The second-order valence-electron chi connectivity index (χ2n) is 4.24. The van der Waals surface area contributed by atoms with E-state index >= 15 is 0 Å². The highest BCUT2D eigenvalue weighted by molar-refractivity contribution is 5.93. The van der Waals surface area contributed by atoms with Gasteiger partial charge in [0.25, 0.3) is 0 Å². The van der Waals surface area contributed by atoms with E-state index in [9.17, 15) is 4.79 Å². The number of pyridine rings is 1.